The van der Waals surface area contributed by atoms with Gasteiger partial charge in [-0.15, -0.1) is 0 Å². The third-order valence-electron chi connectivity index (χ3n) is 5.26. The Kier molecular flexibility index (Phi) is 7.19. The van der Waals surface area contributed by atoms with Gasteiger partial charge in [-0.3, -0.25) is 9.69 Å². The van der Waals surface area contributed by atoms with Crippen molar-refractivity contribution in [2.24, 2.45) is 5.16 Å². The molecule has 1 fully saturated rings. The Morgan fingerprint density at radius 3 is 2.21 bits per heavy atom. The first-order valence-corrected chi connectivity index (χ1v) is 9.80. The molecule has 0 radical (unpaired) electrons. The summed E-state index contributed by atoms with van der Waals surface area (Å²) in [4.78, 5) is 15.4. The second-order valence-electron chi connectivity index (χ2n) is 7.19. The number of halogens is 1. The normalized spacial score (nSPS) is 15.5. The minimum Gasteiger partial charge on any atom is -0.481 e. The molecule has 0 unspecified atom stereocenters. The number of carboxylic acids is 1. The van der Waals surface area contributed by atoms with Crippen molar-refractivity contribution in [2.75, 3.05) is 37.6 Å². The third-order valence-corrected chi connectivity index (χ3v) is 5.26. The molecule has 0 atom stereocenters. The second-order valence-corrected chi connectivity index (χ2v) is 7.19. The van der Waals surface area contributed by atoms with E-state index in [1.54, 1.807) is 0 Å². The van der Waals surface area contributed by atoms with Gasteiger partial charge < -0.3 is 15.2 Å². The van der Waals surface area contributed by atoms with Crippen molar-refractivity contribution in [3.8, 4) is 0 Å². The molecular weight excluding hydrogens is 373 g/mol. The molecule has 2 N–H and O–H groups in total. The van der Waals surface area contributed by atoms with E-state index in [-0.39, 0.29) is 18.7 Å². The number of hydrogen-bond acceptors (Lipinski definition) is 5. The molecule has 1 aliphatic heterocycles. The highest BCUT2D eigenvalue weighted by Gasteiger charge is 2.17. The van der Waals surface area contributed by atoms with Gasteiger partial charge in [0, 0.05) is 44.8 Å². The molecule has 29 heavy (non-hydrogen) atoms. The average Bonchev–Trinajstić information content (AvgIpc) is 2.74. The van der Waals surface area contributed by atoms with Gasteiger partial charge in [0.2, 0.25) is 0 Å². The lowest BCUT2D eigenvalue weighted by Crippen LogP contribution is -2.47. The molecule has 7 heteroatoms. The Morgan fingerprint density at radius 2 is 1.62 bits per heavy atom. The highest BCUT2D eigenvalue weighted by atomic mass is 19.1. The van der Waals surface area contributed by atoms with Crippen LogP contribution in [0.5, 0.6) is 0 Å². The lowest BCUT2D eigenvalue weighted by molar-refractivity contribution is -0.136. The van der Waals surface area contributed by atoms with Crippen molar-refractivity contribution < 1.29 is 19.5 Å². The minimum absolute atomic E-state index is 0.0644. The largest absolute Gasteiger partial charge is 0.481 e. The highest BCUT2D eigenvalue weighted by Crippen LogP contribution is 2.17. The van der Waals surface area contributed by atoms with Crippen LogP contribution in [0.15, 0.2) is 53.7 Å². The topological polar surface area (TPSA) is 76.4 Å². The summed E-state index contributed by atoms with van der Waals surface area (Å²) in [5.41, 5.74) is 3.37. The smallest absolute Gasteiger partial charge is 0.303 e. The molecule has 2 aromatic rings. The summed E-state index contributed by atoms with van der Waals surface area (Å²) in [5.74, 6) is -1.13. The van der Waals surface area contributed by atoms with Gasteiger partial charge in [0.15, 0.2) is 0 Å². The fraction of sp³-hybridized carbons (Fsp3) is 0.364. The zero-order chi connectivity index (χ0) is 20.6. The summed E-state index contributed by atoms with van der Waals surface area (Å²) in [5, 5.41) is 21.1. The van der Waals surface area contributed by atoms with Gasteiger partial charge in [0.25, 0.3) is 0 Å². The molecule has 1 saturated heterocycles. The number of hydrogen-bond donors (Lipinski definition) is 2. The molecule has 2 aromatic carbocycles. The quantitative estimate of drug-likeness (QED) is 0.405. The van der Waals surface area contributed by atoms with Crippen molar-refractivity contribution in [3.05, 3.63) is 65.5 Å². The van der Waals surface area contributed by atoms with Gasteiger partial charge in [-0.1, -0.05) is 29.4 Å². The molecule has 0 saturated carbocycles. The van der Waals surface area contributed by atoms with E-state index in [9.17, 15) is 9.18 Å². The summed E-state index contributed by atoms with van der Waals surface area (Å²) in [6.07, 6.45) is 1.05. The molecule has 0 aromatic heterocycles. The first kappa shape index (κ1) is 20.8. The number of aliphatic carboxylic acids is 1. The predicted molar refractivity (Wildman–Crippen MR) is 110 cm³/mol. The van der Waals surface area contributed by atoms with Gasteiger partial charge in [-0.2, -0.15) is 0 Å². The van der Waals surface area contributed by atoms with E-state index >= 15 is 0 Å². The van der Waals surface area contributed by atoms with Crippen LogP contribution in [0.3, 0.4) is 0 Å². The maximum atomic E-state index is 13.1. The van der Waals surface area contributed by atoms with Gasteiger partial charge in [0.1, 0.15) is 5.82 Å². The Hall–Kier alpha value is -2.93. The van der Waals surface area contributed by atoms with E-state index in [0.29, 0.717) is 5.71 Å². The SMILES string of the molecule is O=C(O)CC/C(=N/O)c1ccc(CCN2CCN(c3ccc(F)cc3)CC2)cc1. The highest BCUT2D eigenvalue weighted by molar-refractivity contribution is 6.01. The minimum atomic E-state index is -0.915. The molecule has 0 bridgehead atoms. The van der Waals surface area contributed by atoms with Crippen LogP contribution in [0, 0.1) is 5.82 Å². The lowest BCUT2D eigenvalue weighted by Gasteiger charge is -2.36. The van der Waals surface area contributed by atoms with Crippen LogP contribution in [-0.4, -0.2) is 59.6 Å². The van der Waals surface area contributed by atoms with E-state index in [1.807, 2.05) is 36.4 Å². The van der Waals surface area contributed by atoms with Crippen molar-refractivity contribution in [1.29, 1.82) is 0 Å². The number of piperazine rings is 1. The average molecular weight is 399 g/mol. The van der Waals surface area contributed by atoms with E-state index < -0.39 is 5.97 Å². The molecule has 154 valence electrons. The zero-order valence-electron chi connectivity index (χ0n) is 16.3. The second kappa shape index (κ2) is 10.0. The molecule has 3 rings (SSSR count). The molecule has 0 amide bonds. The summed E-state index contributed by atoms with van der Waals surface area (Å²) < 4.78 is 13.1. The summed E-state index contributed by atoms with van der Waals surface area (Å²) in [6, 6.07) is 14.4. The summed E-state index contributed by atoms with van der Waals surface area (Å²) in [6.45, 7) is 4.73. The summed E-state index contributed by atoms with van der Waals surface area (Å²) in [7, 11) is 0. The van der Waals surface area contributed by atoms with E-state index in [4.69, 9.17) is 10.3 Å². The number of oxime groups is 1. The maximum Gasteiger partial charge on any atom is 0.303 e. The van der Waals surface area contributed by atoms with E-state index in [1.165, 1.54) is 17.7 Å². The maximum absolute atomic E-state index is 13.1. The fourth-order valence-corrected chi connectivity index (χ4v) is 3.51. The number of benzene rings is 2. The van der Waals surface area contributed by atoms with Crippen molar-refractivity contribution in [3.63, 3.8) is 0 Å². The van der Waals surface area contributed by atoms with Crippen molar-refractivity contribution in [1.82, 2.24) is 4.90 Å². The van der Waals surface area contributed by atoms with Crippen LogP contribution in [0.25, 0.3) is 0 Å². The molecule has 6 nitrogen and oxygen atoms in total. The van der Waals surface area contributed by atoms with Crippen LogP contribution in [-0.2, 0) is 11.2 Å². The first-order valence-electron chi connectivity index (χ1n) is 9.80. The number of nitrogens with zero attached hydrogens (tertiary/aromatic N) is 3. The monoisotopic (exact) mass is 399 g/mol. The Bertz CT molecular complexity index is 829. The van der Waals surface area contributed by atoms with Crippen LogP contribution in [0.2, 0.25) is 0 Å². The van der Waals surface area contributed by atoms with Gasteiger partial charge >= 0.3 is 5.97 Å². The van der Waals surface area contributed by atoms with Crippen LogP contribution in [0.4, 0.5) is 10.1 Å². The summed E-state index contributed by atoms with van der Waals surface area (Å²) >= 11 is 0. The van der Waals surface area contributed by atoms with Crippen LogP contribution >= 0.6 is 0 Å². The molecular formula is C22H26FN3O3. The van der Waals surface area contributed by atoms with Crippen LogP contribution < -0.4 is 4.90 Å². The fourth-order valence-electron chi connectivity index (χ4n) is 3.51. The predicted octanol–water partition coefficient (Wildman–Crippen LogP) is 3.23. The molecule has 1 heterocycles. The van der Waals surface area contributed by atoms with Crippen LogP contribution in [0.1, 0.15) is 24.0 Å². The van der Waals surface area contributed by atoms with E-state index in [2.05, 4.69) is 15.0 Å². The number of carboxylic acid groups (broad SMARTS) is 1. The van der Waals surface area contributed by atoms with Crippen molar-refractivity contribution in [2.45, 2.75) is 19.3 Å². The third kappa shape index (κ3) is 6.02. The lowest BCUT2D eigenvalue weighted by atomic mass is 10.0. The van der Waals surface area contributed by atoms with Gasteiger partial charge in [0.05, 0.1) is 12.1 Å². The first-order chi connectivity index (χ1) is 14.0. The molecule has 0 aliphatic carbocycles. The Morgan fingerprint density at radius 1 is 0.966 bits per heavy atom. The zero-order valence-corrected chi connectivity index (χ0v) is 16.3. The number of carbonyl (C=O) groups is 1. The standard InChI is InChI=1S/C22H26FN3O3/c23-19-5-7-20(8-6-19)26-15-13-25(14-16-26)12-11-17-1-3-18(4-2-17)21(24-29)9-10-22(27)28/h1-8,29H,9-16H2,(H,27,28)/b24-21-. The van der Waals surface area contributed by atoms with Crippen molar-refractivity contribution >= 4 is 17.4 Å². The molecule has 0 spiro atoms. The van der Waals surface area contributed by atoms with Gasteiger partial charge in [-0.25, -0.2) is 4.39 Å². The van der Waals surface area contributed by atoms with E-state index in [0.717, 1.165) is 50.4 Å². The van der Waals surface area contributed by atoms with Gasteiger partial charge in [-0.05, 0) is 41.8 Å². The Balaban J connectivity index is 1.46. The number of rotatable bonds is 8. The number of anilines is 1. The Labute approximate surface area is 169 Å². The molecule has 1 aliphatic rings.